The fraction of sp³-hybridized carbons (Fsp3) is 0.167. The van der Waals surface area contributed by atoms with Crippen LogP contribution in [-0.4, -0.2) is 46.1 Å². The van der Waals surface area contributed by atoms with Gasteiger partial charge in [-0.1, -0.05) is 18.2 Å². The Morgan fingerprint density at radius 1 is 1.04 bits per heavy atom. The molecule has 0 saturated heterocycles. The molecule has 0 heterocycles. The molecule has 0 spiro atoms. The molecule has 0 fully saturated rings. The lowest BCUT2D eigenvalue weighted by molar-refractivity contribution is -0.119. The van der Waals surface area contributed by atoms with Gasteiger partial charge < -0.3 is 15.4 Å². The Labute approximate surface area is 162 Å². The van der Waals surface area contributed by atoms with Crippen LogP contribution in [0.25, 0.3) is 0 Å². The predicted octanol–water partition coefficient (Wildman–Crippen LogP) is 1.21. The summed E-state index contributed by atoms with van der Waals surface area (Å²) in [6.07, 6.45) is 0.954. The molecule has 2 aromatic carbocycles. The Bertz CT molecular complexity index is 1000. The monoisotopic (exact) mass is 405 g/mol. The second-order valence-corrected chi connectivity index (χ2v) is 7.45. The summed E-state index contributed by atoms with van der Waals surface area (Å²) in [5.74, 6) is -1.78. The van der Waals surface area contributed by atoms with Crippen molar-refractivity contribution in [2.75, 3.05) is 29.9 Å². The van der Waals surface area contributed by atoms with Gasteiger partial charge >= 0.3 is 5.97 Å². The van der Waals surface area contributed by atoms with Crippen LogP contribution >= 0.6 is 0 Å². The molecule has 3 N–H and O–H groups in total. The molecule has 0 bridgehead atoms. The molecule has 9 nitrogen and oxygen atoms in total. The lowest BCUT2D eigenvalue weighted by atomic mass is 10.2. The van der Waals surface area contributed by atoms with Crippen LogP contribution in [0.5, 0.6) is 0 Å². The van der Waals surface area contributed by atoms with E-state index in [0.29, 0.717) is 11.3 Å². The summed E-state index contributed by atoms with van der Waals surface area (Å²) in [5, 5.41) is 4.98. The van der Waals surface area contributed by atoms with Crippen molar-refractivity contribution in [3.8, 4) is 0 Å². The lowest BCUT2D eigenvalue weighted by Gasteiger charge is -2.11. The van der Waals surface area contributed by atoms with Crippen LogP contribution in [0.2, 0.25) is 0 Å². The molecule has 0 radical (unpaired) electrons. The number of ether oxygens (including phenoxy) is 1. The number of sulfonamides is 1. The number of anilines is 2. The van der Waals surface area contributed by atoms with E-state index < -0.39 is 28.5 Å². The molecule has 2 amide bonds. The molecule has 0 aliphatic carbocycles. The van der Waals surface area contributed by atoms with Crippen molar-refractivity contribution in [3.63, 3.8) is 0 Å². The summed E-state index contributed by atoms with van der Waals surface area (Å²) < 4.78 is 29.9. The Hall–Kier alpha value is -3.40. The van der Waals surface area contributed by atoms with Crippen LogP contribution in [0.4, 0.5) is 11.4 Å². The Morgan fingerprint density at radius 3 is 2.43 bits per heavy atom. The maximum Gasteiger partial charge on any atom is 0.340 e. The van der Waals surface area contributed by atoms with Gasteiger partial charge in [0.1, 0.15) is 0 Å². The number of nitrogens with one attached hydrogen (secondary N) is 3. The number of para-hydroxylation sites is 1. The van der Waals surface area contributed by atoms with Crippen molar-refractivity contribution < 1.29 is 27.5 Å². The van der Waals surface area contributed by atoms with Crippen LogP contribution in [0.3, 0.4) is 0 Å². The van der Waals surface area contributed by atoms with E-state index >= 15 is 0 Å². The third kappa shape index (κ3) is 6.09. The average molecular weight is 405 g/mol. The van der Waals surface area contributed by atoms with Crippen LogP contribution < -0.4 is 15.4 Å². The molecular weight excluding hydrogens is 386 g/mol. The van der Waals surface area contributed by atoms with Crippen LogP contribution in [0, 0.1) is 0 Å². The van der Waals surface area contributed by atoms with Crippen molar-refractivity contribution in [1.29, 1.82) is 0 Å². The number of rotatable bonds is 7. The molecule has 28 heavy (non-hydrogen) atoms. The van der Waals surface area contributed by atoms with E-state index in [-0.39, 0.29) is 17.2 Å². The van der Waals surface area contributed by atoms with E-state index in [2.05, 4.69) is 15.4 Å². The topological polar surface area (TPSA) is 131 Å². The maximum absolute atomic E-state index is 12.2. The minimum atomic E-state index is -3.59. The van der Waals surface area contributed by atoms with E-state index in [9.17, 15) is 22.8 Å². The maximum atomic E-state index is 12.2. The van der Waals surface area contributed by atoms with Crippen LogP contribution in [-0.2, 0) is 19.6 Å². The Kier molecular flexibility index (Phi) is 6.72. The predicted molar refractivity (Wildman–Crippen MR) is 104 cm³/mol. The second-order valence-electron chi connectivity index (χ2n) is 5.70. The van der Waals surface area contributed by atoms with E-state index in [1.165, 1.54) is 31.3 Å². The van der Waals surface area contributed by atoms with Gasteiger partial charge in [0.2, 0.25) is 10.0 Å². The van der Waals surface area contributed by atoms with Gasteiger partial charge in [-0.25, -0.2) is 13.2 Å². The highest BCUT2D eigenvalue weighted by molar-refractivity contribution is 7.92. The summed E-state index contributed by atoms with van der Waals surface area (Å²) in [5.41, 5.74) is 0.746. The number of hydrogen-bond acceptors (Lipinski definition) is 6. The Balaban J connectivity index is 2.00. The summed E-state index contributed by atoms with van der Waals surface area (Å²) in [6, 6.07) is 12.1. The van der Waals surface area contributed by atoms with Gasteiger partial charge in [-0.05, 0) is 30.3 Å². The van der Waals surface area contributed by atoms with E-state index in [0.717, 1.165) is 6.26 Å². The standard InChI is InChI=1S/C18H19N3O6S/c1-19-17(23)12-6-5-7-13(10-12)20-16(22)11-27-18(24)14-8-3-4-9-15(14)21-28(2,25)26/h3-10,21H,11H2,1-2H3,(H,19,23)(H,20,22). The zero-order chi connectivity index (χ0) is 20.7. The number of carbonyl (C=O) groups excluding carboxylic acids is 3. The highest BCUT2D eigenvalue weighted by atomic mass is 32.2. The smallest absolute Gasteiger partial charge is 0.340 e. The molecule has 0 atom stereocenters. The summed E-state index contributed by atoms with van der Waals surface area (Å²) in [6.45, 7) is -0.587. The largest absolute Gasteiger partial charge is 0.452 e. The second kappa shape index (κ2) is 9.00. The molecular formula is C18H19N3O6S. The van der Waals surface area contributed by atoms with Crippen molar-refractivity contribution >= 4 is 39.2 Å². The van der Waals surface area contributed by atoms with Gasteiger partial charge in [0, 0.05) is 18.3 Å². The Morgan fingerprint density at radius 2 is 1.75 bits per heavy atom. The molecule has 0 aromatic heterocycles. The van der Waals surface area contributed by atoms with Crippen LogP contribution in [0.1, 0.15) is 20.7 Å². The third-order valence-electron chi connectivity index (χ3n) is 3.41. The fourth-order valence-corrected chi connectivity index (χ4v) is 2.82. The number of hydrogen-bond donors (Lipinski definition) is 3. The first-order chi connectivity index (χ1) is 13.2. The van der Waals surface area contributed by atoms with Gasteiger partial charge in [-0.3, -0.25) is 14.3 Å². The van der Waals surface area contributed by atoms with Gasteiger partial charge in [0.15, 0.2) is 6.61 Å². The number of amides is 2. The lowest BCUT2D eigenvalue weighted by Crippen LogP contribution is -2.22. The molecule has 0 unspecified atom stereocenters. The average Bonchev–Trinajstić information content (AvgIpc) is 2.65. The van der Waals surface area contributed by atoms with Crippen molar-refractivity contribution in [2.24, 2.45) is 0 Å². The molecule has 0 saturated carbocycles. The first kappa shape index (κ1) is 20.9. The summed E-state index contributed by atoms with van der Waals surface area (Å²) in [4.78, 5) is 35.8. The van der Waals surface area contributed by atoms with E-state index in [1.54, 1.807) is 24.3 Å². The molecule has 148 valence electrons. The minimum absolute atomic E-state index is 0.0256. The first-order valence-corrected chi connectivity index (χ1v) is 9.94. The number of benzene rings is 2. The van der Waals surface area contributed by atoms with Crippen molar-refractivity contribution in [1.82, 2.24) is 5.32 Å². The van der Waals surface area contributed by atoms with E-state index in [1.807, 2.05) is 0 Å². The molecule has 2 aromatic rings. The fourth-order valence-electron chi connectivity index (χ4n) is 2.24. The number of carbonyl (C=O) groups is 3. The van der Waals surface area contributed by atoms with Gasteiger partial charge in [-0.15, -0.1) is 0 Å². The van der Waals surface area contributed by atoms with Crippen molar-refractivity contribution in [2.45, 2.75) is 0 Å². The zero-order valence-corrected chi connectivity index (χ0v) is 16.0. The molecule has 10 heteroatoms. The number of esters is 1. The highest BCUT2D eigenvalue weighted by Crippen LogP contribution is 2.17. The molecule has 2 rings (SSSR count). The van der Waals surface area contributed by atoms with E-state index in [4.69, 9.17) is 4.74 Å². The third-order valence-corrected chi connectivity index (χ3v) is 4.00. The zero-order valence-electron chi connectivity index (χ0n) is 15.2. The summed E-state index contributed by atoms with van der Waals surface area (Å²) in [7, 11) is -2.10. The molecule has 0 aliphatic heterocycles. The van der Waals surface area contributed by atoms with Gasteiger partial charge in [0.25, 0.3) is 11.8 Å². The SMILES string of the molecule is CNC(=O)c1cccc(NC(=O)COC(=O)c2ccccc2NS(C)(=O)=O)c1. The van der Waals surface area contributed by atoms with Gasteiger partial charge in [-0.2, -0.15) is 0 Å². The first-order valence-electron chi connectivity index (χ1n) is 8.05. The molecule has 0 aliphatic rings. The normalized spacial score (nSPS) is 10.6. The van der Waals surface area contributed by atoms with Gasteiger partial charge in [0.05, 0.1) is 17.5 Å². The van der Waals surface area contributed by atoms with Crippen molar-refractivity contribution in [3.05, 3.63) is 59.7 Å². The van der Waals surface area contributed by atoms with Crippen LogP contribution in [0.15, 0.2) is 48.5 Å². The highest BCUT2D eigenvalue weighted by Gasteiger charge is 2.16. The quantitative estimate of drug-likeness (QED) is 0.594. The minimum Gasteiger partial charge on any atom is -0.452 e. The summed E-state index contributed by atoms with van der Waals surface area (Å²) >= 11 is 0.